The number of carbonyl (C=O) groups excluding carboxylic acids is 2. The molecule has 1 N–H and O–H groups in total. The van der Waals surface area contributed by atoms with Crippen LogP contribution in [-0.4, -0.2) is 70.4 Å². The Bertz CT molecular complexity index is 888. The number of carbonyl (C=O) groups is 2. The molecule has 2 atom stereocenters. The van der Waals surface area contributed by atoms with E-state index in [9.17, 15) is 9.59 Å². The Kier molecular flexibility index (Phi) is 6.32. The number of hydrogen-bond donors (Lipinski definition) is 1. The molecule has 4 heterocycles. The number of rotatable bonds is 5. The lowest BCUT2D eigenvalue weighted by Gasteiger charge is -2.28. The van der Waals surface area contributed by atoms with Crippen molar-refractivity contribution in [1.29, 1.82) is 0 Å². The Morgan fingerprint density at radius 1 is 1.23 bits per heavy atom. The van der Waals surface area contributed by atoms with E-state index >= 15 is 0 Å². The van der Waals surface area contributed by atoms with E-state index in [4.69, 9.17) is 4.42 Å². The quantitative estimate of drug-likeness (QED) is 0.758. The van der Waals surface area contributed by atoms with E-state index < -0.39 is 0 Å². The van der Waals surface area contributed by atoms with Crippen LogP contribution >= 0.6 is 0 Å². The summed E-state index contributed by atoms with van der Waals surface area (Å²) in [6.07, 6.45) is 11.9. The summed E-state index contributed by atoms with van der Waals surface area (Å²) in [5, 5.41) is 3.09. The summed E-state index contributed by atoms with van der Waals surface area (Å²) in [7, 11) is 2.01. The highest BCUT2D eigenvalue weighted by molar-refractivity contribution is 5.91. The zero-order valence-electron chi connectivity index (χ0n) is 17.4. The van der Waals surface area contributed by atoms with Crippen LogP contribution in [0.15, 0.2) is 47.4 Å². The van der Waals surface area contributed by atoms with E-state index in [-0.39, 0.29) is 23.8 Å². The van der Waals surface area contributed by atoms with Crippen LogP contribution in [0.2, 0.25) is 0 Å². The van der Waals surface area contributed by atoms with Crippen molar-refractivity contribution in [3.63, 3.8) is 0 Å². The van der Waals surface area contributed by atoms with Crippen molar-refractivity contribution in [3.05, 3.63) is 54.5 Å². The minimum Gasteiger partial charge on any atom is -0.454 e. The van der Waals surface area contributed by atoms with E-state index in [1.165, 1.54) is 0 Å². The summed E-state index contributed by atoms with van der Waals surface area (Å²) >= 11 is 0. The number of nitrogens with zero attached hydrogens (tertiary/aromatic N) is 4. The number of hydrogen-bond acceptors (Lipinski definition) is 5. The van der Waals surface area contributed by atoms with Gasteiger partial charge in [0.15, 0.2) is 5.76 Å². The molecule has 1 fully saturated rings. The SMILES string of the molecule is CN1C[C@@H](NC(=O)c2ccc(Cn3ccnc3)o2)CC[C@@H](C(=O)N2CC=CCC2)C1. The largest absolute Gasteiger partial charge is 0.454 e. The van der Waals surface area contributed by atoms with Gasteiger partial charge in [0.1, 0.15) is 5.76 Å². The molecule has 160 valence electrons. The number of furan rings is 1. The van der Waals surface area contributed by atoms with Crippen molar-refractivity contribution >= 4 is 11.8 Å². The van der Waals surface area contributed by atoms with Gasteiger partial charge in [-0.25, -0.2) is 4.98 Å². The fourth-order valence-electron chi connectivity index (χ4n) is 4.23. The second kappa shape index (κ2) is 9.30. The Balaban J connectivity index is 1.32. The third-order valence-corrected chi connectivity index (χ3v) is 5.77. The third-order valence-electron chi connectivity index (χ3n) is 5.77. The molecular formula is C22H29N5O3. The van der Waals surface area contributed by atoms with Crippen molar-refractivity contribution in [2.45, 2.75) is 31.8 Å². The average Bonchev–Trinajstić information content (AvgIpc) is 3.40. The molecule has 0 radical (unpaired) electrons. The van der Waals surface area contributed by atoms with Crippen LogP contribution in [-0.2, 0) is 11.3 Å². The molecule has 2 aliphatic heterocycles. The fraction of sp³-hybridized carbons (Fsp3) is 0.500. The molecule has 2 aromatic rings. The van der Waals surface area contributed by atoms with Crippen LogP contribution in [0.25, 0.3) is 0 Å². The van der Waals surface area contributed by atoms with Crippen molar-refractivity contribution in [1.82, 2.24) is 24.7 Å². The maximum Gasteiger partial charge on any atom is 0.287 e. The summed E-state index contributed by atoms with van der Waals surface area (Å²) in [5.74, 6) is 1.01. The highest BCUT2D eigenvalue weighted by atomic mass is 16.4. The lowest BCUT2D eigenvalue weighted by molar-refractivity contribution is -0.135. The zero-order chi connectivity index (χ0) is 20.9. The Labute approximate surface area is 176 Å². The molecule has 8 nitrogen and oxygen atoms in total. The molecule has 0 unspecified atom stereocenters. The monoisotopic (exact) mass is 411 g/mol. The number of aromatic nitrogens is 2. The first-order chi connectivity index (χ1) is 14.6. The Morgan fingerprint density at radius 3 is 2.90 bits per heavy atom. The van der Waals surface area contributed by atoms with Gasteiger partial charge in [-0.15, -0.1) is 0 Å². The van der Waals surface area contributed by atoms with E-state index in [2.05, 4.69) is 27.4 Å². The van der Waals surface area contributed by atoms with Gasteiger partial charge in [-0.05, 0) is 38.4 Å². The summed E-state index contributed by atoms with van der Waals surface area (Å²) < 4.78 is 7.60. The van der Waals surface area contributed by atoms with Crippen LogP contribution < -0.4 is 5.32 Å². The molecule has 0 aromatic carbocycles. The molecule has 2 aromatic heterocycles. The predicted molar refractivity (Wildman–Crippen MR) is 112 cm³/mol. The van der Waals surface area contributed by atoms with Crippen LogP contribution in [0.3, 0.4) is 0 Å². The van der Waals surface area contributed by atoms with Gasteiger partial charge in [0.25, 0.3) is 5.91 Å². The van der Waals surface area contributed by atoms with Gasteiger partial charge < -0.3 is 24.1 Å². The normalized spacial score (nSPS) is 22.6. The number of likely N-dealkylation sites (tertiary alicyclic amines) is 1. The Hall–Kier alpha value is -2.87. The lowest BCUT2D eigenvalue weighted by atomic mass is 9.99. The van der Waals surface area contributed by atoms with Gasteiger partial charge in [-0.2, -0.15) is 0 Å². The van der Waals surface area contributed by atoms with Crippen molar-refractivity contribution in [2.24, 2.45) is 5.92 Å². The van der Waals surface area contributed by atoms with Crippen molar-refractivity contribution in [3.8, 4) is 0 Å². The molecule has 0 saturated carbocycles. The van der Waals surface area contributed by atoms with Gasteiger partial charge in [0.2, 0.25) is 5.91 Å². The molecule has 30 heavy (non-hydrogen) atoms. The van der Waals surface area contributed by atoms with Crippen LogP contribution in [0.1, 0.15) is 35.6 Å². The standard InChI is InChI=1S/C22H29N5O3/c1-25-13-17(22(29)27-10-3-2-4-11-27)5-6-18(14-25)24-21(28)20-8-7-19(30-20)15-26-12-9-23-16-26/h2-3,7-9,12,16-18H,4-6,10-11,13-15H2,1H3,(H,24,28)/t17-,18+/m1/s1. The second-order valence-corrected chi connectivity index (χ2v) is 8.21. The first kappa shape index (κ1) is 20.4. The Morgan fingerprint density at radius 2 is 2.13 bits per heavy atom. The van der Waals surface area contributed by atoms with E-state index in [1.54, 1.807) is 18.6 Å². The zero-order valence-corrected chi connectivity index (χ0v) is 17.4. The van der Waals surface area contributed by atoms with Crippen LogP contribution in [0.4, 0.5) is 0 Å². The highest BCUT2D eigenvalue weighted by Gasteiger charge is 2.30. The van der Waals surface area contributed by atoms with E-state index in [0.717, 1.165) is 38.9 Å². The smallest absolute Gasteiger partial charge is 0.287 e. The van der Waals surface area contributed by atoms with E-state index in [1.807, 2.05) is 28.8 Å². The molecular weight excluding hydrogens is 382 g/mol. The molecule has 0 spiro atoms. The summed E-state index contributed by atoms with van der Waals surface area (Å²) in [6, 6.07) is 3.51. The van der Waals surface area contributed by atoms with E-state index in [0.29, 0.717) is 24.6 Å². The first-order valence-electron chi connectivity index (χ1n) is 10.6. The molecule has 2 amide bonds. The molecule has 8 heteroatoms. The lowest BCUT2D eigenvalue weighted by Crippen LogP contribution is -2.43. The number of nitrogens with one attached hydrogen (secondary N) is 1. The summed E-state index contributed by atoms with van der Waals surface area (Å²) in [5.41, 5.74) is 0. The maximum absolute atomic E-state index is 12.9. The summed E-state index contributed by atoms with van der Waals surface area (Å²) in [4.78, 5) is 33.7. The topological polar surface area (TPSA) is 83.6 Å². The van der Waals surface area contributed by atoms with Gasteiger partial charge in [-0.3, -0.25) is 9.59 Å². The molecule has 2 aliphatic rings. The third kappa shape index (κ3) is 4.99. The highest BCUT2D eigenvalue weighted by Crippen LogP contribution is 2.20. The number of amides is 2. The molecule has 0 bridgehead atoms. The summed E-state index contributed by atoms with van der Waals surface area (Å²) in [6.45, 7) is 3.49. The first-order valence-corrected chi connectivity index (χ1v) is 10.6. The second-order valence-electron chi connectivity index (χ2n) is 8.21. The predicted octanol–water partition coefficient (Wildman–Crippen LogP) is 1.75. The molecule has 4 rings (SSSR count). The molecule has 1 saturated heterocycles. The van der Waals surface area contributed by atoms with Gasteiger partial charge in [0, 0.05) is 44.6 Å². The number of likely N-dealkylation sites (N-methyl/N-ethyl adjacent to an activating group) is 1. The fourth-order valence-corrected chi connectivity index (χ4v) is 4.23. The van der Waals surface area contributed by atoms with Crippen LogP contribution in [0.5, 0.6) is 0 Å². The van der Waals surface area contributed by atoms with Crippen molar-refractivity contribution in [2.75, 3.05) is 33.2 Å². The maximum atomic E-state index is 12.9. The van der Waals surface area contributed by atoms with Gasteiger partial charge >= 0.3 is 0 Å². The average molecular weight is 412 g/mol. The van der Waals surface area contributed by atoms with Crippen molar-refractivity contribution < 1.29 is 14.0 Å². The number of imidazole rings is 1. The van der Waals surface area contributed by atoms with Gasteiger partial charge in [0.05, 0.1) is 18.8 Å². The minimum atomic E-state index is -0.212. The van der Waals surface area contributed by atoms with Crippen LogP contribution in [0, 0.1) is 5.92 Å². The van der Waals surface area contributed by atoms with Gasteiger partial charge in [-0.1, -0.05) is 12.2 Å². The molecule has 0 aliphatic carbocycles. The minimum absolute atomic E-state index is 0.0104.